The lowest BCUT2D eigenvalue weighted by Crippen LogP contribution is -2.14. The molecule has 0 saturated carbocycles. The Morgan fingerprint density at radius 3 is 2.58 bits per heavy atom. The Kier molecular flexibility index (Phi) is 5.86. The van der Waals surface area contributed by atoms with Crippen LogP contribution in [0.4, 0.5) is 5.69 Å². The molecule has 0 unspecified atom stereocenters. The van der Waals surface area contributed by atoms with Crippen molar-refractivity contribution in [3.05, 3.63) is 87.4 Å². The summed E-state index contributed by atoms with van der Waals surface area (Å²) in [5.41, 5.74) is 5.32. The van der Waals surface area contributed by atoms with Crippen LogP contribution in [0.2, 0.25) is 10.0 Å². The van der Waals surface area contributed by atoms with E-state index in [4.69, 9.17) is 32.9 Å². The number of fused-ring (bicyclic) bond motifs is 1. The number of nitrogens with one attached hydrogen (secondary N) is 1. The molecule has 1 amide bonds. The average Bonchev–Trinajstić information content (AvgIpc) is 2.75. The largest absolute Gasteiger partial charge is 0.497 e. The summed E-state index contributed by atoms with van der Waals surface area (Å²) in [4.78, 5) is 18.2. The molecule has 0 atom stereocenters. The van der Waals surface area contributed by atoms with Crippen LogP contribution in [0.1, 0.15) is 21.5 Å². The molecule has 156 valence electrons. The zero-order chi connectivity index (χ0) is 22.1. The third kappa shape index (κ3) is 4.36. The van der Waals surface area contributed by atoms with Crippen LogP contribution in [0.25, 0.3) is 22.2 Å². The second kappa shape index (κ2) is 8.58. The van der Waals surface area contributed by atoms with E-state index < -0.39 is 0 Å². The van der Waals surface area contributed by atoms with Gasteiger partial charge in [-0.15, -0.1) is 0 Å². The highest BCUT2D eigenvalue weighted by Crippen LogP contribution is 2.31. The van der Waals surface area contributed by atoms with Gasteiger partial charge in [-0.25, -0.2) is 4.98 Å². The molecule has 1 heterocycles. The number of nitrogens with zero attached hydrogens (tertiary/aromatic N) is 1. The first-order chi connectivity index (χ1) is 14.9. The summed E-state index contributed by atoms with van der Waals surface area (Å²) in [6.45, 7) is 3.99. The summed E-state index contributed by atoms with van der Waals surface area (Å²) in [7, 11) is 1.62. The number of ether oxygens (including phenoxy) is 1. The maximum absolute atomic E-state index is 13.4. The molecule has 4 rings (SSSR count). The van der Waals surface area contributed by atoms with E-state index in [-0.39, 0.29) is 5.91 Å². The molecule has 0 saturated heterocycles. The molecule has 0 spiro atoms. The van der Waals surface area contributed by atoms with E-state index in [0.29, 0.717) is 27.0 Å². The van der Waals surface area contributed by atoms with Gasteiger partial charge in [-0.2, -0.15) is 0 Å². The van der Waals surface area contributed by atoms with Gasteiger partial charge < -0.3 is 10.1 Å². The molecule has 0 bridgehead atoms. The number of methoxy groups -OCH3 is 1. The van der Waals surface area contributed by atoms with Crippen LogP contribution in [0.5, 0.6) is 5.75 Å². The number of hydrogen-bond acceptors (Lipinski definition) is 3. The molecule has 0 radical (unpaired) electrons. The molecule has 0 fully saturated rings. The summed E-state index contributed by atoms with van der Waals surface area (Å²) < 4.78 is 5.35. The molecule has 0 aliphatic carbocycles. The number of aromatic nitrogens is 1. The summed E-state index contributed by atoms with van der Waals surface area (Å²) in [6.07, 6.45) is 0. The fourth-order valence-electron chi connectivity index (χ4n) is 3.58. The van der Waals surface area contributed by atoms with Crippen LogP contribution < -0.4 is 10.1 Å². The van der Waals surface area contributed by atoms with E-state index >= 15 is 0 Å². The normalized spacial score (nSPS) is 10.9. The van der Waals surface area contributed by atoms with Crippen LogP contribution >= 0.6 is 23.2 Å². The number of carbonyl (C=O) groups excluding carboxylic acids is 1. The molecule has 31 heavy (non-hydrogen) atoms. The van der Waals surface area contributed by atoms with Crippen molar-refractivity contribution in [2.24, 2.45) is 0 Å². The number of aryl methyl sites for hydroxylation is 2. The van der Waals surface area contributed by atoms with Crippen molar-refractivity contribution < 1.29 is 9.53 Å². The summed E-state index contributed by atoms with van der Waals surface area (Å²) in [5, 5.41) is 4.57. The van der Waals surface area contributed by atoms with Gasteiger partial charge in [-0.05, 0) is 61.9 Å². The minimum atomic E-state index is -0.286. The van der Waals surface area contributed by atoms with Gasteiger partial charge in [-0.3, -0.25) is 4.79 Å². The van der Waals surface area contributed by atoms with E-state index in [1.165, 1.54) is 0 Å². The molecule has 4 nitrogen and oxygen atoms in total. The quantitative estimate of drug-likeness (QED) is 0.361. The average molecular weight is 451 g/mol. The molecular weight excluding hydrogens is 431 g/mol. The van der Waals surface area contributed by atoms with Gasteiger partial charge in [0.15, 0.2) is 0 Å². The highest BCUT2D eigenvalue weighted by atomic mass is 35.5. The van der Waals surface area contributed by atoms with Gasteiger partial charge >= 0.3 is 0 Å². The van der Waals surface area contributed by atoms with Crippen molar-refractivity contribution in [3.63, 3.8) is 0 Å². The Labute approximate surface area is 190 Å². The van der Waals surface area contributed by atoms with E-state index in [0.717, 1.165) is 33.3 Å². The standard InChI is InChI=1S/C25H20Cl2N2O2/c1-14-9-15(2)24-19(10-14)20(25(30)29-23-12-17(26)7-8-21(23)27)13-22(28-24)16-5-4-6-18(11-16)31-3/h4-13H,1-3H3,(H,29,30). The molecule has 0 aliphatic rings. The van der Waals surface area contributed by atoms with Crippen LogP contribution in [-0.4, -0.2) is 18.0 Å². The van der Waals surface area contributed by atoms with Crippen LogP contribution in [-0.2, 0) is 0 Å². The fraction of sp³-hybridized carbons (Fsp3) is 0.120. The van der Waals surface area contributed by atoms with Crippen LogP contribution in [0.3, 0.4) is 0 Å². The number of amides is 1. The maximum atomic E-state index is 13.4. The topological polar surface area (TPSA) is 51.2 Å². The van der Waals surface area contributed by atoms with Crippen LogP contribution in [0, 0.1) is 13.8 Å². The number of rotatable bonds is 4. The van der Waals surface area contributed by atoms with Gasteiger partial charge in [-0.1, -0.05) is 47.0 Å². The van der Waals surface area contributed by atoms with Crippen molar-refractivity contribution in [1.29, 1.82) is 0 Å². The van der Waals surface area contributed by atoms with Crippen molar-refractivity contribution >= 4 is 45.7 Å². The minimum absolute atomic E-state index is 0.286. The molecule has 1 aromatic heterocycles. The summed E-state index contributed by atoms with van der Waals surface area (Å²) >= 11 is 12.3. The SMILES string of the molecule is COc1cccc(-c2cc(C(=O)Nc3cc(Cl)ccc3Cl)c3cc(C)cc(C)c3n2)c1. The van der Waals surface area contributed by atoms with Crippen molar-refractivity contribution in [2.45, 2.75) is 13.8 Å². The first-order valence-electron chi connectivity index (χ1n) is 9.68. The molecule has 4 aromatic rings. The summed E-state index contributed by atoms with van der Waals surface area (Å²) in [6, 6.07) is 18.4. The predicted octanol–water partition coefficient (Wildman–Crippen LogP) is 7.09. The maximum Gasteiger partial charge on any atom is 0.256 e. The van der Waals surface area contributed by atoms with Crippen LogP contribution in [0.15, 0.2) is 60.7 Å². The van der Waals surface area contributed by atoms with E-state index in [1.807, 2.05) is 44.2 Å². The van der Waals surface area contributed by atoms with Crippen molar-refractivity contribution in [3.8, 4) is 17.0 Å². The highest BCUT2D eigenvalue weighted by Gasteiger charge is 2.17. The third-order valence-electron chi connectivity index (χ3n) is 5.04. The first-order valence-corrected chi connectivity index (χ1v) is 10.4. The molecule has 1 N–H and O–H groups in total. The number of halogens is 2. The number of pyridine rings is 1. The fourth-order valence-corrected chi connectivity index (χ4v) is 3.92. The zero-order valence-corrected chi connectivity index (χ0v) is 18.8. The molecule has 3 aromatic carbocycles. The van der Waals surface area contributed by atoms with Gasteiger partial charge in [0.1, 0.15) is 5.75 Å². The smallest absolute Gasteiger partial charge is 0.256 e. The number of carbonyl (C=O) groups is 1. The summed E-state index contributed by atoms with van der Waals surface area (Å²) in [5.74, 6) is 0.433. The predicted molar refractivity (Wildman–Crippen MR) is 128 cm³/mol. The molecule has 6 heteroatoms. The number of benzene rings is 3. The Balaban J connectivity index is 1.89. The lowest BCUT2D eigenvalue weighted by atomic mass is 9.99. The molecular formula is C25H20Cl2N2O2. The molecule has 0 aliphatic heterocycles. The Bertz CT molecular complexity index is 1320. The van der Waals surface area contributed by atoms with Crippen molar-refractivity contribution in [1.82, 2.24) is 4.98 Å². The number of anilines is 1. The second-order valence-electron chi connectivity index (χ2n) is 7.34. The second-order valence-corrected chi connectivity index (χ2v) is 8.19. The van der Waals surface area contributed by atoms with E-state index in [1.54, 1.807) is 31.4 Å². The Morgan fingerprint density at radius 2 is 1.81 bits per heavy atom. The monoisotopic (exact) mass is 450 g/mol. The lowest BCUT2D eigenvalue weighted by Gasteiger charge is -2.14. The third-order valence-corrected chi connectivity index (χ3v) is 5.60. The Hall–Kier alpha value is -3.08. The minimum Gasteiger partial charge on any atom is -0.497 e. The van der Waals surface area contributed by atoms with Gasteiger partial charge in [0.05, 0.1) is 34.6 Å². The zero-order valence-electron chi connectivity index (χ0n) is 17.3. The van der Waals surface area contributed by atoms with Crippen molar-refractivity contribution in [2.75, 3.05) is 12.4 Å². The first kappa shape index (κ1) is 21.2. The Morgan fingerprint density at radius 1 is 1.00 bits per heavy atom. The van der Waals surface area contributed by atoms with E-state index in [2.05, 4.69) is 11.4 Å². The van der Waals surface area contributed by atoms with E-state index in [9.17, 15) is 4.79 Å². The van der Waals surface area contributed by atoms with Gasteiger partial charge in [0, 0.05) is 16.0 Å². The van der Waals surface area contributed by atoms with Gasteiger partial charge in [0.25, 0.3) is 5.91 Å². The number of hydrogen-bond donors (Lipinski definition) is 1. The lowest BCUT2D eigenvalue weighted by molar-refractivity contribution is 0.102. The van der Waals surface area contributed by atoms with Gasteiger partial charge in [0.2, 0.25) is 0 Å². The highest BCUT2D eigenvalue weighted by molar-refractivity contribution is 6.36.